The maximum atomic E-state index is 13.3. The number of nitrogens with two attached hydrogens (primary N) is 1. The highest BCUT2D eigenvalue weighted by molar-refractivity contribution is 6.00. The number of carbonyl (C=O) groups is 1. The van der Waals surface area contributed by atoms with Crippen LogP contribution < -0.4 is 15.4 Å². The quantitative estimate of drug-likeness (QED) is 0.699. The number of fused-ring (bicyclic) bond motifs is 1. The number of carbonyl (C=O) groups excluding carboxylic acids is 1. The van der Waals surface area contributed by atoms with Crippen molar-refractivity contribution in [3.05, 3.63) is 53.3 Å². The third-order valence-corrected chi connectivity index (χ3v) is 3.78. The predicted molar refractivity (Wildman–Crippen MR) is 84.0 cm³/mol. The van der Waals surface area contributed by atoms with Gasteiger partial charge < -0.3 is 15.4 Å². The van der Waals surface area contributed by atoms with E-state index in [4.69, 9.17) is 10.5 Å². The summed E-state index contributed by atoms with van der Waals surface area (Å²) in [5.41, 5.74) is 8.31. The lowest BCUT2D eigenvalue weighted by Gasteiger charge is -2.31. The van der Waals surface area contributed by atoms with E-state index in [-0.39, 0.29) is 18.1 Å². The van der Waals surface area contributed by atoms with Crippen LogP contribution in [0.25, 0.3) is 0 Å². The summed E-state index contributed by atoms with van der Waals surface area (Å²) in [5.74, 6) is 0.311. The Morgan fingerprint density at radius 2 is 2.18 bits per heavy atom. The summed E-state index contributed by atoms with van der Waals surface area (Å²) in [4.78, 5) is 14.4. The zero-order chi connectivity index (χ0) is 15.7. The number of hydrogen-bond acceptors (Lipinski definition) is 4. The van der Waals surface area contributed by atoms with Gasteiger partial charge in [-0.2, -0.15) is 0 Å². The molecule has 0 aliphatic carbocycles. The highest BCUT2D eigenvalue weighted by atomic mass is 19.1. The van der Waals surface area contributed by atoms with Crippen molar-refractivity contribution in [3.8, 4) is 5.75 Å². The molecule has 5 heteroatoms. The van der Waals surface area contributed by atoms with E-state index in [2.05, 4.69) is 0 Å². The molecule has 1 aliphatic rings. The van der Waals surface area contributed by atoms with Gasteiger partial charge in [0, 0.05) is 5.56 Å². The fourth-order valence-corrected chi connectivity index (χ4v) is 2.61. The molecule has 0 fully saturated rings. The predicted octanol–water partition coefficient (Wildman–Crippen LogP) is 2.80. The second-order valence-corrected chi connectivity index (χ2v) is 5.35. The van der Waals surface area contributed by atoms with E-state index in [0.29, 0.717) is 35.7 Å². The monoisotopic (exact) mass is 300 g/mol. The molecule has 2 aromatic carbocycles. The summed E-state index contributed by atoms with van der Waals surface area (Å²) in [7, 11) is 0. The Morgan fingerprint density at radius 1 is 1.36 bits per heavy atom. The van der Waals surface area contributed by atoms with Crippen LogP contribution in [0.1, 0.15) is 15.9 Å². The number of para-hydroxylation sites is 1. The first kappa shape index (κ1) is 14.4. The molecule has 114 valence electrons. The number of hydrogen-bond donors (Lipinski definition) is 1. The van der Waals surface area contributed by atoms with Gasteiger partial charge in [0.15, 0.2) is 5.78 Å². The number of ketones is 1. The van der Waals surface area contributed by atoms with Crippen molar-refractivity contribution in [2.45, 2.75) is 6.92 Å². The maximum absolute atomic E-state index is 13.3. The third kappa shape index (κ3) is 2.62. The lowest BCUT2D eigenvalue weighted by atomic mass is 10.1. The molecule has 1 heterocycles. The summed E-state index contributed by atoms with van der Waals surface area (Å²) in [6, 6.07) is 9.86. The number of aryl methyl sites for hydroxylation is 1. The number of anilines is 2. The SMILES string of the molecule is Cc1cc(C(=O)CN2CCOc3cccc(N)c32)ccc1F. The molecule has 22 heavy (non-hydrogen) atoms. The van der Waals surface area contributed by atoms with Crippen LogP contribution in [0.2, 0.25) is 0 Å². The molecule has 0 saturated heterocycles. The van der Waals surface area contributed by atoms with E-state index in [1.54, 1.807) is 19.1 Å². The molecular weight excluding hydrogens is 283 g/mol. The summed E-state index contributed by atoms with van der Waals surface area (Å²) in [5, 5.41) is 0. The van der Waals surface area contributed by atoms with Gasteiger partial charge in [-0.25, -0.2) is 4.39 Å². The second-order valence-electron chi connectivity index (χ2n) is 5.35. The minimum absolute atomic E-state index is 0.0702. The lowest BCUT2D eigenvalue weighted by molar-refractivity contribution is 0.0997. The van der Waals surface area contributed by atoms with Crippen molar-refractivity contribution in [1.82, 2.24) is 0 Å². The molecule has 0 saturated carbocycles. The van der Waals surface area contributed by atoms with Gasteiger partial charge in [-0.15, -0.1) is 0 Å². The summed E-state index contributed by atoms with van der Waals surface area (Å²) < 4.78 is 18.9. The fourth-order valence-electron chi connectivity index (χ4n) is 2.61. The zero-order valence-corrected chi connectivity index (χ0v) is 12.3. The van der Waals surface area contributed by atoms with Crippen LogP contribution in [-0.4, -0.2) is 25.5 Å². The van der Waals surface area contributed by atoms with E-state index in [1.807, 2.05) is 17.0 Å². The number of halogens is 1. The first-order valence-electron chi connectivity index (χ1n) is 7.12. The Balaban J connectivity index is 1.85. The first-order valence-corrected chi connectivity index (χ1v) is 7.12. The molecule has 0 radical (unpaired) electrons. The highest BCUT2D eigenvalue weighted by Crippen LogP contribution is 2.36. The maximum Gasteiger partial charge on any atom is 0.182 e. The van der Waals surface area contributed by atoms with Crippen LogP contribution in [0.15, 0.2) is 36.4 Å². The highest BCUT2D eigenvalue weighted by Gasteiger charge is 2.23. The standard InChI is InChI=1S/C17H17FN2O2/c1-11-9-12(5-6-13(11)18)15(21)10-20-7-8-22-16-4-2-3-14(19)17(16)20/h2-6,9H,7-8,10,19H2,1H3. The first-order chi connectivity index (χ1) is 10.6. The fraction of sp³-hybridized carbons (Fsp3) is 0.235. The Bertz CT molecular complexity index is 731. The average Bonchev–Trinajstić information content (AvgIpc) is 2.50. The number of benzene rings is 2. The van der Waals surface area contributed by atoms with Crippen molar-refractivity contribution in [2.24, 2.45) is 0 Å². The number of nitrogen functional groups attached to an aromatic ring is 1. The number of ether oxygens (including phenoxy) is 1. The Hall–Kier alpha value is -2.56. The van der Waals surface area contributed by atoms with Crippen molar-refractivity contribution >= 4 is 17.2 Å². The van der Waals surface area contributed by atoms with Crippen LogP contribution in [0.4, 0.5) is 15.8 Å². The van der Waals surface area contributed by atoms with Crippen molar-refractivity contribution in [2.75, 3.05) is 30.3 Å². The van der Waals surface area contributed by atoms with Gasteiger partial charge in [0.25, 0.3) is 0 Å². The topological polar surface area (TPSA) is 55.6 Å². The lowest BCUT2D eigenvalue weighted by Crippen LogP contribution is -2.37. The van der Waals surface area contributed by atoms with Crippen LogP contribution >= 0.6 is 0 Å². The van der Waals surface area contributed by atoms with Gasteiger partial charge >= 0.3 is 0 Å². The van der Waals surface area contributed by atoms with E-state index in [0.717, 1.165) is 5.69 Å². The molecule has 0 amide bonds. The second kappa shape index (κ2) is 5.67. The van der Waals surface area contributed by atoms with Gasteiger partial charge in [0.05, 0.1) is 18.8 Å². The van der Waals surface area contributed by atoms with E-state index < -0.39 is 0 Å². The van der Waals surface area contributed by atoms with Crippen molar-refractivity contribution < 1.29 is 13.9 Å². The van der Waals surface area contributed by atoms with Gasteiger partial charge in [-0.05, 0) is 42.8 Å². The Morgan fingerprint density at radius 3 is 2.95 bits per heavy atom. The molecule has 2 aromatic rings. The summed E-state index contributed by atoms with van der Waals surface area (Å²) in [6.45, 7) is 2.93. The summed E-state index contributed by atoms with van der Waals surface area (Å²) >= 11 is 0. The Kier molecular flexibility index (Phi) is 3.71. The molecule has 0 spiro atoms. The minimum atomic E-state index is -0.308. The van der Waals surface area contributed by atoms with Gasteiger partial charge in [0.2, 0.25) is 0 Å². The molecule has 0 atom stereocenters. The van der Waals surface area contributed by atoms with Gasteiger partial charge in [0.1, 0.15) is 23.9 Å². The third-order valence-electron chi connectivity index (χ3n) is 3.78. The van der Waals surface area contributed by atoms with Gasteiger partial charge in [-0.1, -0.05) is 6.07 Å². The molecule has 0 bridgehead atoms. The van der Waals surface area contributed by atoms with Gasteiger partial charge in [-0.3, -0.25) is 4.79 Å². The molecular formula is C17H17FN2O2. The number of rotatable bonds is 3. The summed E-state index contributed by atoms with van der Waals surface area (Å²) in [6.07, 6.45) is 0. The van der Waals surface area contributed by atoms with Crippen LogP contribution in [-0.2, 0) is 0 Å². The molecule has 1 aliphatic heterocycles. The van der Waals surface area contributed by atoms with E-state index >= 15 is 0 Å². The number of Topliss-reactive ketones (excluding diaryl/α,β-unsaturated/α-hetero) is 1. The molecule has 0 aromatic heterocycles. The minimum Gasteiger partial charge on any atom is -0.489 e. The van der Waals surface area contributed by atoms with Crippen LogP contribution in [0.5, 0.6) is 5.75 Å². The van der Waals surface area contributed by atoms with Crippen LogP contribution in [0, 0.1) is 12.7 Å². The number of nitrogens with zero attached hydrogens (tertiary/aromatic N) is 1. The Labute approximate surface area is 128 Å². The van der Waals surface area contributed by atoms with E-state index in [9.17, 15) is 9.18 Å². The van der Waals surface area contributed by atoms with Crippen molar-refractivity contribution in [1.29, 1.82) is 0 Å². The van der Waals surface area contributed by atoms with E-state index in [1.165, 1.54) is 12.1 Å². The largest absolute Gasteiger partial charge is 0.489 e. The molecule has 2 N–H and O–H groups in total. The smallest absolute Gasteiger partial charge is 0.182 e. The van der Waals surface area contributed by atoms with Crippen molar-refractivity contribution in [3.63, 3.8) is 0 Å². The molecule has 3 rings (SSSR count). The average molecular weight is 300 g/mol. The molecule has 0 unspecified atom stereocenters. The molecule has 4 nitrogen and oxygen atoms in total. The normalized spacial score (nSPS) is 13.5. The van der Waals surface area contributed by atoms with Crippen LogP contribution in [0.3, 0.4) is 0 Å². The zero-order valence-electron chi connectivity index (χ0n) is 12.3.